The normalized spacial score (nSPS) is 16.1. The van der Waals surface area contributed by atoms with Crippen LogP contribution in [-0.4, -0.2) is 31.2 Å². The molecule has 0 aliphatic carbocycles. The molecule has 0 spiro atoms. The van der Waals surface area contributed by atoms with E-state index in [1.807, 2.05) is 0 Å². The Balaban J connectivity index is 1.89. The van der Waals surface area contributed by atoms with Gasteiger partial charge in [0.05, 0.1) is 34.7 Å². The first-order valence-corrected chi connectivity index (χ1v) is 9.29. The van der Waals surface area contributed by atoms with Crippen LogP contribution in [0.4, 0.5) is 4.79 Å². The second-order valence-corrected chi connectivity index (χ2v) is 6.70. The number of halogens is 2. The highest BCUT2D eigenvalue weighted by Gasteiger charge is 2.35. The molecule has 0 saturated carbocycles. The minimum absolute atomic E-state index is 0.0661. The Morgan fingerprint density at radius 1 is 1.17 bits per heavy atom. The minimum Gasteiger partial charge on any atom is -0.467 e. The monoisotopic (exact) mass is 438 g/mol. The highest BCUT2D eigenvalue weighted by atomic mass is 35.5. The van der Waals surface area contributed by atoms with Crippen molar-refractivity contribution < 1.29 is 28.3 Å². The highest BCUT2D eigenvalue weighted by Crippen LogP contribution is 2.28. The first kappa shape index (κ1) is 20.8. The lowest BCUT2D eigenvalue weighted by atomic mass is 10.0. The van der Waals surface area contributed by atoms with Gasteiger partial charge >= 0.3 is 18.0 Å². The Morgan fingerprint density at radius 3 is 2.62 bits per heavy atom. The number of hydrogen-bond acceptors (Lipinski definition) is 6. The van der Waals surface area contributed by atoms with E-state index in [-0.39, 0.29) is 28.5 Å². The molecule has 1 aromatic heterocycles. The summed E-state index contributed by atoms with van der Waals surface area (Å²) in [6, 6.07) is 6.05. The molecule has 1 atom stereocenters. The number of rotatable bonds is 6. The maximum absolute atomic E-state index is 12.5. The van der Waals surface area contributed by atoms with Crippen LogP contribution in [0.25, 0.3) is 0 Å². The van der Waals surface area contributed by atoms with Crippen LogP contribution in [0, 0.1) is 0 Å². The van der Waals surface area contributed by atoms with Gasteiger partial charge in [0.2, 0.25) is 0 Å². The zero-order valence-electron chi connectivity index (χ0n) is 15.2. The van der Waals surface area contributed by atoms with Gasteiger partial charge in [-0.1, -0.05) is 23.2 Å². The maximum Gasteiger partial charge on any atom is 0.340 e. The first-order valence-electron chi connectivity index (χ1n) is 8.54. The molecule has 3 rings (SSSR count). The Labute approximate surface area is 175 Å². The molecule has 1 aromatic carbocycles. The second-order valence-electron chi connectivity index (χ2n) is 5.86. The molecule has 0 saturated heterocycles. The van der Waals surface area contributed by atoms with Crippen LogP contribution in [0.1, 0.15) is 29.1 Å². The van der Waals surface area contributed by atoms with Gasteiger partial charge < -0.3 is 24.5 Å². The number of esters is 2. The van der Waals surface area contributed by atoms with Gasteiger partial charge in [-0.3, -0.25) is 0 Å². The van der Waals surface area contributed by atoms with Crippen LogP contribution >= 0.6 is 23.2 Å². The van der Waals surface area contributed by atoms with E-state index in [0.29, 0.717) is 10.8 Å². The Hall–Kier alpha value is -2.97. The van der Waals surface area contributed by atoms with E-state index in [1.54, 1.807) is 19.1 Å². The fourth-order valence-electron chi connectivity index (χ4n) is 2.72. The van der Waals surface area contributed by atoms with Crippen LogP contribution in [0.15, 0.2) is 52.3 Å². The lowest BCUT2D eigenvalue weighted by Crippen LogP contribution is -2.47. The third kappa shape index (κ3) is 4.72. The molecule has 29 heavy (non-hydrogen) atoms. The fraction of sp³-hybridized carbons (Fsp3) is 0.211. The van der Waals surface area contributed by atoms with Crippen LogP contribution in [0.2, 0.25) is 10.0 Å². The summed E-state index contributed by atoms with van der Waals surface area (Å²) in [6.07, 6.45) is 1.41. The number of ether oxygens (including phenoxy) is 2. The molecule has 1 aliphatic rings. The molecule has 2 heterocycles. The Kier molecular flexibility index (Phi) is 6.46. The van der Waals surface area contributed by atoms with Crippen LogP contribution in [0.3, 0.4) is 0 Å². The maximum atomic E-state index is 12.5. The van der Waals surface area contributed by atoms with Crippen LogP contribution < -0.4 is 10.6 Å². The third-order valence-corrected chi connectivity index (χ3v) is 4.52. The molecule has 2 N–H and O–H groups in total. The standard InChI is InChI=1S/C19H16Cl2N2O6/c1-2-27-18(25)15-13(22-19(26)23-16(15)14-4-3-7-28-14)9-29-17(24)11-6-5-10(20)8-12(11)21/h3-8,16H,2,9H2,1H3,(H2,22,23,26). The average molecular weight is 439 g/mol. The summed E-state index contributed by atoms with van der Waals surface area (Å²) in [4.78, 5) is 37.0. The lowest BCUT2D eigenvalue weighted by Gasteiger charge is -2.27. The molecule has 0 fully saturated rings. The summed E-state index contributed by atoms with van der Waals surface area (Å²) in [5, 5.41) is 5.56. The summed E-state index contributed by atoms with van der Waals surface area (Å²) in [7, 11) is 0. The van der Waals surface area contributed by atoms with Crippen molar-refractivity contribution >= 4 is 41.2 Å². The van der Waals surface area contributed by atoms with Crippen molar-refractivity contribution in [2.75, 3.05) is 13.2 Å². The van der Waals surface area contributed by atoms with Crippen LogP contribution in [-0.2, 0) is 14.3 Å². The van der Waals surface area contributed by atoms with E-state index in [0.717, 1.165) is 0 Å². The summed E-state index contributed by atoms with van der Waals surface area (Å²) in [5.41, 5.74) is 0.237. The molecule has 0 bridgehead atoms. The number of nitrogens with one attached hydrogen (secondary N) is 2. The molecular formula is C19H16Cl2N2O6. The molecule has 10 heteroatoms. The van der Waals surface area contributed by atoms with Gasteiger partial charge in [0.1, 0.15) is 18.4 Å². The van der Waals surface area contributed by atoms with Crippen molar-refractivity contribution in [3.05, 3.63) is 69.2 Å². The highest BCUT2D eigenvalue weighted by molar-refractivity contribution is 6.36. The number of benzene rings is 1. The Bertz CT molecular complexity index is 971. The molecule has 0 radical (unpaired) electrons. The SMILES string of the molecule is CCOC(=O)C1=C(COC(=O)c2ccc(Cl)cc2Cl)NC(=O)NC1c1ccco1. The van der Waals surface area contributed by atoms with Crippen molar-refractivity contribution in [3.8, 4) is 0 Å². The first-order chi connectivity index (χ1) is 13.9. The van der Waals surface area contributed by atoms with Gasteiger partial charge in [0.15, 0.2) is 0 Å². The smallest absolute Gasteiger partial charge is 0.340 e. The van der Waals surface area contributed by atoms with Gasteiger partial charge in [0.25, 0.3) is 0 Å². The van der Waals surface area contributed by atoms with E-state index in [2.05, 4.69) is 10.6 Å². The molecule has 152 valence electrons. The number of hydrogen-bond donors (Lipinski definition) is 2. The summed E-state index contributed by atoms with van der Waals surface area (Å²) < 4.78 is 15.7. The number of furan rings is 1. The lowest BCUT2D eigenvalue weighted by molar-refractivity contribution is -0.139. The van der Waals surface area contributed by atoms with Crippen molar-refractivity contribution in [3.63, 3.8) is 0 Å². The van der Waals surface area contributed by atoms with E-state index in [4.69, 9.17) is 37.1 Å². The van der Waals surface area contributed by atoms with Crippen molar-refractivity contribution in [1.29, 1.82) is 0 Å². The summed E-state index contributed by atoms with van der Waals surface area (Å²) >= 11 is 11.8. The number of carbonyl (C=O) groups is 3. The molecule has 2 aromatic rings. The van der Waals surface area contributed by atoms with E-state index >= 15 is 0 Å². The summed E-state index contributed by atoms with van der Waals surface area (Å²) in [5.74, 6) is -1.10. The molecule has 8 nitrogen and oxygen atoms in total. The van der Waals surface area contributed by atoms with E-state index < -0.39 is 30.6 Å². The minimum atomic E-state index is -0.898. The van der Waals surface area contributed by atoms with E-state index in [9.17, 15) is 14.4 Å². The molecule has 1 unspecified atom stereocenters. The number of carbonyl (C=O) groups excluding carboxylic acids is 3. The zero-order chi connectivity index (χ0) is 21.0. The van der Waals surface area contributed by atoms with Crippen molar-refractivity contribution in [2.24, 2.45) is 0 Å². The molecule has 2 amide bonds. The number of urea groups is 1. The van der Waals surface area contributed by atoms with Gasteiger partial charge in [-0.15, -0.1) is 0 Å². The topological polar surface area (TPSA) is 107 Å². The van der Waals surface area contributed by atoms with Gasteiger partial charge in [-0.05, 0) is 37.3 Å². The molecule has 1 aliphatic heterocycles. The summed E-state index contributed by atoms with van der Waals surface area (Å²) in [6.45, 7) is 1.38. The van der Waals surface area contributed by atoms with Crippen molar-refractivity contribution in [2.45, 2.75) is 13.0 Å². The fourth-order valence-corrected chi connectivity index (χ4v) is 3.21. The number of amides is 2. The predicted octanol–water partition coefficient (Wildman–Crippen LogP) is 3.61. The van der Waals surface area contributed by atoms with Gasteiger partial charge in [-0.2, -0.15) is 0 Å². The second kappa shape index (κ2) is 9.02. The average Bonchev–Trinajstić information content (AvgIpc) is 3.20. The van der Waals surface area contributed by atoms with Crippen molar-refractivity contribution in [1.82, 2.24) is 10.6 Å². The van der Waals surface area contributed by atoms with E-state index in [1.165, 1.54) is 24.5 Å². The molecular weight excluding hydrogens is 423 g/mol. The largest absolute Gasteiger partial charge is 0.467 e. The van der Waals surface area contributed by atoms with Gasteiger partial charge in [0, 0.05) is 5.02 Å². The van der Waals surface area contributed by atoms with Gasteiger partial charge in [-0.25, -0.2) is 14.4 Å². The van der Waals surface area contributed by atoms with Crippen LogP contribution in [0.5, 0.6) is 0 Å². The third-order valence-electron chi connectivity index (χ3n) is 3.98. The zero-order valence-corrected chi connectivity index (χ0v) is 16.7. The predicted molar refractivity (Wildman–Crippen MR) is 104 cm³/mol. The Morgan fingerprint density at radius 2 is 1.97 bits per heavy atom. The quantitative estimate of drug-likeness (QED) is 0.666.